The van der Waals surface area contributed by atoms with E-state index in [2.05, 4.69) is 27.7 Å². The van der Waals surface area contributed by atoms with Crippen LogP contribution >= 0.6 is 0 Å². The van der Waals surface area contributed by atoms with E-state index in [9.17, 15) is 0 Å². The highest BCUT2D eigenvalue weighted by atomic mass is 16.5. The SMILES string of the molecule is CCCCCOCC(N)C(C)(C)C. The molecule has 0 saturated carbocycles. The van der Waals surface area contributed by atoms with Crippen molar-refractivity contribution in [1.29, 1.82) is 0 Å². The summed E-state index contributed by atoms with van der Waals surface area (Å²) < 4.78 is 5.50. The fourth-order valence-electron chi connectivity index (χ4n) is 0.914. The molecule has 0 fully saturated rings. The quantitative estimate of drug-likeness (QED) is 0.649. The Hall–Kier alpha value is -0.0800. The molecule has 2 nitrogen and oxygen atoms in total. The van der Waals surface area contributed by atoms with E-state index >= 15 is 0 Å². The molecule has 1 unspecified atom stereocenters. The Morgan fingerprint density at radius 1 is 1.23 bits per heavy atom. The van der Waals surface area contributed by atoms with Gasteiger partial charge in [0.15, 0.2) is 0 Å². The second kappa shape index (κ2) is 6.39. The average molecular weight is 187 g/mol. The van der Waals surface area contributed by atoms with Gasteiger partial charge in [0.1, 0.15) is 0 Å². The Kier molecular flexibility index (Phi) is 6.35. The third-order valence-electron chi connectivity index (χ3n) is 2.30. The zero-order valence-electron chi connectivity index (χ0n) is 9.60. The van der Waals surface area contributed by atoms with Crippen LogP contribution in [-0.4, -0.2) is 19.3 Å². The van der Waals surface area contributed by atoms with Crippen molar-refractivity contribution >= 4 is 0 Å². The Morgan fingerprint density at radius 2 is 1.85 bits per heavy atom. The Balaban J connectivity index is 3.32. The summed E-state index contributed by atoms with van der Waals surface area (Å²) in [6.45, 7) is 10.2. The normalized spacial score (nSPS) is 14.5. The molecule has 0 aromatic carbocycles. The van der Waals surface area contributed by atoms with E-state index in [0.29, 0.717) is 6.61 Å². The monoisotopic (exact) mass is 187 g/mol. The molecule has 0 radical (unpaired) electrons. The van der Waals surface area contributed by atoms with Gasteiger partial charge in [-0.1, -0.05) is 40.5 Å². The Morgan fingerprint density at radius 3 is 2.31 bits per heavy atom. The van der Waals surface area contributed by atoms with Gasteiger partial charge in [0.2, 0.25) is 0 Å². The van der Waals surface area contributed by atoms with E-state index in [4.69, 9.17) is 10.5 Å². The van der Waals surface area contributed by atoms with Crippen LogP contribution < -0.4 is 5.73 Å². The third-order valence-corrected chi connectivity index (χ3v) is 2.30. The van der Waals surface area contributed by atoms with Crippen molar-refractivity contribution in [3.8, 4) is 0 Å². The molecule has 2 heteroatoms. The number of rotatable bonds is 6. The molecule has 0 saturated heterocycles. The maximum atomic E-state index is 5.94. The van der Waals surface area contributed by atoms with E-state index in [1.807, 2.05) is 0 Å². The first-order valence-corrected chi connectivity index (χ1v) is 5.31. The van der Waals surface area contributed by atoms with Crippen LogP contribution in [0.25, 0.3) is 0 Å². The summed E-state index contributed by atoms with van der Waals surface area (Å²) in [6.07, 6.45) is 3.66. The zero-order chi connectivity index (χ0) is 10.3. The van der Waals surface area contributed by atoms with Gasteiger partial charge in [0.25, 0.3) is 0 Å². The second-order valence-corrected chi connectivity index (χ2v) is 4.75. The fraction of sp³-hybridized carbons (Fsp3) is 1.00. The molecule has 0 aromatic heterocycles. The van der Waals surface area contributed by atoms with Crippen LogP contribution in [0.1, 0.15) is 47.0 Å². The summed E-state index contributed by atoms with van der Waals surface area (Å²) in [7, 11) is 0. The summed E-state index contributed by atoms with van der Waals surface area (Å²) in [5.41, 5.74) is 6.10. The summed E-state index contributed by atoms with van der Waals surface area (Å²) in [5, 5.41) is 0. The number of hydrogen-bond acceptors (Lipinski definition) is 2. The van der Waals surface area contributed by atoms with Crippen LogP contribution in [0.4, 0.5) is 0 Å². The predicted octanol–water partition coefficient (Wildman–Crippen LogP) is 2.57. The molecule has 0 heterocycles. The molecule has 0 rings (SSSR count). The molecular formula is C11H25NO. The second-order valence-electron chi connectivity index (χ2n) is 4.75. The zero-order valence-corrected chi connectivity index (χ0v) is 9.60. The van der Waals surface area contributed by atoms with Gasteiger partial charge in [0, 0.05) is 12.6 Å². The Labute approximate surface area is 82.8 Å². The molecule has 0 aliphatic carbocycles. The van der Waals surface area contributed by atoms with Gasteiger partial charge in [-0.3, -0.25) is 0 Å². The van der Waals surface area contributed by atoms with Crippen LogP contribution in [0.2, 0.25) is 0 Å². The van der Waals surface area contributed by atoms with Crippen molar-refractivity contribution in [1.82, 2.24) is 0 Å². The minimum Gasteiger partial charge on any atom is -0.380 e. The van der Waals surface area contributed by atoms with Crippen LogP contribution in [0.5, 0.6) is 0 Å². The molecule has 0 bridgehead atoms. The molecule has 0 spiro atoms. The molecule has 0 aliphatic heterocycles. The third kappa shape index (κ3) is 7.03. The molecule has 1 atom stereocenters. The minimum atomic E-state index is 0.147. The molecule has 2 N–H and O–H groups in total. The fourth-order valence-corrected chi connectivity index (χ4v) is 0.914. The van der Waals surface area contributed by atoms with Gasteiger partial charge in [-0.05, 0) is 11.8 Å². The molecule has 0 aromatic rings. The van der Waals surface area contributed by atoms with Crippen LogP contribution in [0, 0.1) is 5.41 Å². The van der Waals surface area contributed by atoms with Gasteiger partial charge in [-0.2, -0.15) is 0 Å². The van der Waals surface area contributed by atoms with Crippen molar-refractivity contribution in [3.63, 3.8) is 0 Å². The standard InChI is InChI=1S/C11H25NO/c1-5-6-7-8-13-9-10(12)11(2,3)4/h10H,5-9,12H2,1-4H3. The van der Waals surface area contributed by atoms with Gasteiger partial charge < -0.3 is 10.5 Å². The largest absolute Gasteiger partial charge is 0.380 e. The van der Waals surface area contributed by atoms with Crippen molar-refractivity contribution < 1.29 is 4.74 Å². The summed E-state index contributed by atoms with van der Waals surface area (Å²) in [6, 6.07) is 0.147. The van der Waals surface area contributed by atoms with Crippen molar-refractivity contribution in [2.75, 3.05) is 13.2 Å². The number of hydrogen-bond donors (Lipinski definition) is 1. The first-order chi connectivity index (χ1) is 5.98. The van der Waals surface area contributed by atoms with Crippen molar-refractivity contribution in [2.24, 2.45) is 11.1 Å². The van der Waals surface area contributed by atoms with E-state index < -0.39 is 0 Å². The first kappa shape index (κ1) is 12.9. The molecule has 80 valence electrons. The highest BCUT2D eigenvalue weighted by molar-refractivity contribution is 4.76. The van der Waals surface area contributed by atoms with Gasteiger partial charge >= 0.3 is 0 Å². The highest BCUT2D eigenvalue weighted by Crippen LogP contribution is 2.17. The highest BCUT2D eigenvalue weighted by Gasteiger charge is 2.20. The summed E-state index contributed by atoms with van der Waals surface area (Å²) in [4.78, 5) is 0. The van der Waals surface area contributed by atoms with Gasteiger partial charge in [-0.15, -0.1) is 0 Å². The maximum Gasteiger partial charge on any atom is 0.0622 e. The van der Waals surface area contributed by atoms with E-state index in [1.165, 1.54) is 12.8 Å². The van der Waals surface area contributed by atoms with Gasteiger partial charge in [0.05, 0.1) is 6.61 Å². The molecular weight excluding hydrogens is 162 g/mol. The smallest absolute Gasteiger partial charge is 0.0622 e. The molecule has 0 aliphatic rings. The topological polar surface area (TPSA) is 35.2 Å². The van der Waals surface area contributed by atoms with E-state index in [1.54, 1.807) is 0 Å². The Bertz CT molecular complexity index is 118. The number of unbranched alkanes of at least 4 members (excludes halogenated alkanes) is 2. The maximum absolute atomic E-state index is 5.94. The van der Waals surface area contributed by atoms with Crippen LogP contribution in [-0.2, 0) is 4.74 Å². The van der Waals surface area contributed by atoms with Gasteiger partial charge in [-0.25, -0.2) is 0 Å². The summed E-state index contributed by atoms with van der Waals surface area (Å²) >= 11 is 0. The first-order valence-electron chi connectivity index (χ1n) is 5.31. The van der Waals surface area contributed by atoms with Crippen LogP contribution in [0.3, 0.4) is 0 Å². The van der Waals surface area contributed by atoms with E-state index in [0.717, 1.165) is 13.0 Å². The minimum absolute atomic E-state index is 0.147. The number of ether oxygens (including phenoxy) is 1. The van der Waals surface area contributed by atoms with Crippen molar-refractivity contribution in [2.45, 2.75) is 53.0 Å². The summed E-state index contributed by atoms with van der Waals surface area (Å²) in [5.74, 6) is 0. The number of nitrogens with two attached hydrogens (primary N) is 1. The molecule has 13 heavy (non-hydrogen) atoms. The van der Waals surface area contributed by atoms with E-state index in [-0.39, 0.29) is 11.5 Å². The van der Waals surface area contributed by atoms with Crippen LogP contribution in [0.15, 0.2) is 0 Å². The molecule has 0 amide bonds. The average Bonchev–Trinajstić information content (AvgIpc) is 2.02. The lowest BCUT2D eigenvalue weighted by molar-refractivity contribution is 0.0876. The lowest BCUT2D eigenvalue weighted by atomic mass is 9.88. The predicted molar refractivity (Wildman–Crippen MR) is 57.8 cm³/mol. The van der Waals surface area contributed by atoms with Crippen molar-refractivity contribution in [3.05, 3.63) is 0 Å². The lowest BCUT2D eigenvalue weighted by Crippen LogP contribution is -2.39. The lowest BCUT2D eigenvalue weighted by Gasteiger charge is -2.26.